The van der Waals surface area contributed by atoms with Gasteiger partial charge in [0.25, 0.3) is 0 Å². The Balaban J connectivity index is 1.31. The van der Waals surface area contributed by atoms with Gasteiger partial charge in [-0.3, -0.25) is 15.1 Å². The Morgan fingerprint density at radius 3 is 2.58 bits per heavy atom. The Morgan fingerprint density at radius 1 is 1.08 bits per heavy atom. The van der Waals surface area contributed by atoms with Gasteiger partial charge >= 0.3 is 0 Å². The van der Waals surface area contributed by atoms with Gasteiger partial charge in [0.1, 0.15) is 6.04 Å². The molecule has 0 saturated carbocycles. The van der Waals surface area contributed by atoms with Crippen LogP contribution in [0.4, 0.5) is 0 Å². The predicted octanol–water partition coefficient (Wildman–Crippen LogP) is 1.72. The third-order valence-electron chi connectivity index (χ3n) is 6.31. The van der Waals surface area contributed by atoms with E-state index in [2.05, 4.69) is 51.8 Å². The standard InChI is InChI=1S/C21H32N4O/c1-2-6-18-15-20(23-22-18)21(26)25-10-5-9-24(11-12-25)19-13-16-7-3-4-8-17(16)14-19/h3-4,7-8,18-20,22-23H,2,5-6,9-15H2,1H3. The molecule has 1 aliphatic carbocycles. The number of amides is 1. The fraction of sp³-hybridized carbons (Fsp3) is 0.667. The fourth-order valence-corrected chi connectivity index (χ4v) is 4.86. The lowest BCUT2D eigenvalue weighted by atomic mass is 10.1. The molecule has 2 N–H and O–H groups in total. The van der Waals surface area contributed by atoms with Crippen LogP contribution in [0.3, 0.4) is 0 Å². The van der Waals surface area contributed by atoms with E-state index in [1.165, 1.54) is 11.1 Å². The Morgan fingerprint density at radius 2 is 1.85 bits per heavy atom. The van der Waals surface area contributed by atoms with E-state index in [1.807, 2.05) is 0 Å². The Hall–Kier alpha value is -1.43. The van der Waals surface area contributed by atoms with Gasteiger partial charge in [0.2, 0.25) is 5.91 Å². The number of rotatable bonds is 4. The zero-order chi connectivity index (χ0) is 17.9. The van der Waals surface area contributed by atoms with Crippen LogP contribution >= 0.6 is 0 Å². The van der Waals surface area contributed by atoms with Crippen molar-refractivity contribution < 1.29 is 4.79 Å². The van der Waals surface area contributed by atoms with Crippen LogP contribution in [0.15, 0.2) is 24.3 Å². The molecule has 3 aliphatic rings. The first kappa shape index (κ1) is 18.0. The van der Waals surface area contributed by atoms with Gasteiger partial charge in [-0.25, -0.2) is 5.43 Å². The number of fused-ring (bicyclic) bond motifs is 1. The SMILES string of the molecule is CCCC1CC(C(=O)N2CCCN(C3Cc4ccccc4C3)CC2)NN1. The van der Waals surface area contributed by atoms with Crippen LogP contribution in [0.25, 0.3) is 0 Å². The molecule has 2 heterocycles. The molecule has 26 heavy (non-hydrogen) atoms. The van der Waals surface area contributed by atoms with E-state index in [4.69, 9.17) is 0 Å². The van der Waals surface area contributed by atoms with E-state index in [1.54, 1.807) is 0 Å². The Bertz CT molecular complexity index is 609. The molecule has 4 rings (SSSR count). The molecule has 2 saturated heterocycles. The molecule has 0 spiro atoms. The van der Waals surface area contributed by atoms with Gasteiger partial charge in [-0.15, -0.1) is 0 Å². The lowest BCUT2D eigenvalue weighted by Crippen LogP contribution is -2.47. The maximum atomic E-state index is 12.9. The fourth-order valence-electron chi connectivity index (χ4n) is 4.86. The first-order chi connectivity index (χ1) is 12.7. The van der Waals surface area contributed by atoms with Crippen molar-refractivity contribution in [1.82, 2.24) is 20.7 Å². The van der Waals surface area contributed by atoms with E-state index in [0.717, 1.165) is 64.7 Å². The molecule has 2 atom stereocenters. The van der Waals surface area contributed by atoms with Crippen molar-refractivity contribution in [2.75, 3.05) is 26.2 Å². The summed E-state index contributed by atoms with van der Waals surface area (Å²) in [7, 11) is 0. The van der Waals surface area contributed by atoms with Gasteiger partial charge in [0, 0.05) is 38.3 Å². The van der Waals surface area contributed by atoms with E-state index in [-0.39, 0.29) is 11.9 Å². The van der Waals surface area contributed by atoms with Gasteiger partial charge in [0.15, 0.2) is 0 Å². The third-order valence-corrected chi connectivity index (χ3v) is 6.31. The average Bonchev–Trinajstić information content (AvgIpc) is 3.22. The summed E-state index contributed by atoms with van der Waals surface area (Å²) in [5, 5.41) is 0. The predicted molar refractivity (Wildman–Crippen MR) is 104 cm³/mol. The molecule has 1 aromatic rings. The molecule has 1 aromatic carbocycles. The summed E-state index contributed by atoms with van der Waals surface area (Å²) < 4.78 is 0. The van der Waals surface area contributed by atoms with Crippen molar-refractivity contribution in [2.45, 2.75) is 63.6 Å². The Kier molecular flexibility index (Phi) is 5.57. The molecule has 0 bridgehead atoms. The summed E-state index contributed by atoms with van der Waals surface area (Å²) in [4.78, 5) is 17.6. The molecular weight excluding hydrogens is 324 g/mol. The van der Waals surface area contributed by atoms with Gasteiger partial charge in [-0.05, 0) is 43.2 Å². The van der Waals surface area contributed by atoms with Crippen LogP contribution in [0.2, 0.25) is 0 Å². The van der Waals surface area contributed by atoms with Crippen LogP contribution in [-0.4, -0.2) is 60.0 Å². The summed E-state index contributed by atoms with van der Waals surface area (Å²) in [6.45, 7) is 6.07. The number of hydrogen-bond donors (Lipinski definition) is 2. The van der Waals surface area contributed by atoms with Crippen molar-refractivity contribution >= 4 is 5.91 Å². The van der Waals surface area contributed by atoms with E-state index >= 15 is 0 Å². The molecule has 1 amide bonds. The molecule has 142 valence electrons. The summed E-state index contributed by atoms with van der Waals surface area (Å²) in [6.07, 6.45) is 6.62. The summed E-state index contributed by atoms with van der Waals surface area (Å²) in [5.74, 6) is 0.285. The van der Waals surface area contributed by atoms with Crippen LogP contribution in [0.1, 0.15) is 43.7 Å². The maximum absolute atomic E-state index is 12.9. The monoisotopic (exact) mass is 356 g/mol. The second kappa shape index (κ2) is 8.07. The number of benzene rings is 1. The molecule has 0 radical (unpaired) electrons. The lowest BCUT2D eigenvalue weighted by molar-refractivity contribution is -0.133. The zero-order valence-electron chi connectivity index (χ0n) is 15.9. The smallest absolute Gasteiger partial charge is 0.241 e. The van der Waals surface area contributed by atoms with E-state index < -0.39 is 0 Å². The van der Waals surface area contributed by atoms with Crippen molar-refractivity contribution in [3.8, 4) is 0 Å². The van der Waals surface area contributed by atoms with Crippen molar-refractivity contribution in [2.24, 2.45) is 0 Å². The normalized spacial score (nSPS) is 27.5. The number of carbonyl (C=O) groups excluding carboxylic acids is 1. The molecule has 2 fully saturated rings. The number of nitrogens with one attached hydrogen (secondary N) is 2. The van der Waals surface area contributed by atoms with Gasteiger partial charge in [0.05, 0.1) is 0 Å². The highest BCUT2D eigenvalue weighted by Crippen LogP contribution is 2.26. The average molecular weight is 357 g/mol. The first-order valence-corrected chi connectivity index (χ1v) is 10.3. The summed E-state index contributed by atoms with van der Waals surface area (Å²) in [6, 6.07) is 9.85. The molecular formula is C21H32N4O. The second-order valence-electron chi connectivity index (χ2n) is 8.11. The highest BCUT2D eigenvalue weighted by atomic mass is 16.2. The molecule has 2 aliphatic heterocycles. The largest absolute Gasteiger partial charge is 0.340 e. The van der Waals surface area contributed by atoms with Gasteiger partial charge in [-0.2, -0.15) is 0 Å². The minimum Gasteiger partial charge on any atom is -0.340 e. The van der Waals surface area contributed by atoms with E-state index in [9.17, 15) is 4.79 Å². The van der Waals surface area contributed by atoms with Crippen LogP contribution in [0, 0.1) is 0 Å². The first-order valence-electron chi connectivity index (χ1n) is 10.3. The quantitative estimate of drug-likeness (QED) is 0.863. The minimum atomic E-state index is -0.0474. The highest BCUT2D eigenvalue weighted by Gasteiger charge is 2.34. The second-order valence-corrected chi connectivity index (χ2v) is 8.11. The number of nitrogens with zero attached hydrogens (tertiary/aromatic N) is 2. The van der Waals surface area contributed by atoms with E-state index in [0.29, 0.717) is 12.1 Å². The van der Waals surface area contributed by atoms with Crippen molar-refractivity contribution in [3.05, 3.63) is 35.4 Å². The number of carbonyl (C=O) groups is 1. The van der Waals surface area contributed by atoms with Gasteiger partial charge < -0.3 is 4.90 Å². The Labute approximate surface area is 157 Å². The molecule has 2 unspecified atom stereocenters. The molecule has 5 nitrogen and oxygen atoms in total. The zero-order valence-corrected chi connectivity index (χ0v) is 15.9. The number of hydrogen-bond acceptors (Lipinski definition) is 4. The van der Waals surface area contributed by atoms with Crippen molar-refractivity contribution in [3.63, 3.8) is 0 Å². The van der Waals surface area contributed by atoms with Crippen LogP contribution < -0.4 is 10.9 Å². The van der Waals surface area contributed by atoms with Gasteiger partial charge in [-0.1, -0.05) is 37.6 Å². The third kappa shape index (κ3) is 3.80. The maximum Gasteiger partial charge on any atom is 0.241 e. The minimum absolute atomic E-state index is 0.0474. The topological polar surface area (TPSA) is 47.6 Å². The summed E-state index contributed by atoms with van der Waals surface area (Å²) in [5.41, 5.74) is 9.56. The van der Waals surface area contributed by atoms with Crippen LogP contribution in [0.5, 0.6) is 0 Å². The number of hydrazine groups is 1. The summed E-state index contributed by atoms with van der Waals surface area (Å²) >= 11 is 0. The van der Waals surface area contributed by atoms with Crippen molar-refractivity contribution in [1.29, 1.82) is 0 Å². The van der Waals surface area contributed by atoms with Crippen LogP contribution in [-0.2, 0) is 17.6 Å². The molecule has 0 aromatic heterocycles. The molecule has 5 heteroatoms. The lowest BCUT2D eigenvalue weighted by Gasteiger charge is -2.28. The highest BCUT2D eigenvalue weighted by molar-refractivity contribution is 5.82.